The van der Waals surface area contributed by atoms with Crippen molar-refractivity contribution in [1.82, 2.24) is 4.90 Å². The first kappa shape index (κ1) is 14.2. The molecule has 1 aromatic rings. The largest absolute Gasteiger partial charge is 0.462 e. The summed E-state index contributed by atoms with van der Waals surface area (Å²) >= 11 is 0. The van der Waals surface area contributed by atoms with E-state index in [1.165, 1.54) is 19.4 Å². The second-order valence-corrected chi connectivity index (χ2v) is 5.77. The normalized spacial score (nSPS) is 22.1. The predicted molar refractivity (Wildman–Crippen MR) is 83.6 cm³/mol. The summed E-state index contributed by atoms with van der Waals surface area (Å²) in [4.78, 5) is 16.6. The smallest absolute Gasteiger partial charge is 0.338 e. The third-order valence-corrected chi connectivity index (χ3v) is 4.47. The topological polar surface area (TPSA) is 58.8 Å². The van der Waals surface area contributed by atoms with Gasteiger partial charge in [-0.25, -0.2) is 4.79 Å². The molecule has 1 atom stereocenters. The average Bonchev–Trinajstić information content (AvgIpc) is 2.94. The standard InChI is InChI=1S/C16H23N3O2/c1-2-21-16(20)12-5-6-15(14(17)10-12)19-9-8-18-7-3-4-13(18)11-19/h5-6,10,13H,2-4,7-9,11,17H2,1H3. The number of hydrogen-bond acceptors (Lipinski definition) is 5. The van der Waals surface area contributed by atoms with E-state index in [4.69, 9.17) is 10.5 Å². The van der Waals surface area contributed by atoms with Crippen LogP contribution in [-0.4, -0.2) is 49.7 Å². The number of hydrogen-bond donors (Lipinski definition) is 1. The van der Waals surface area contributed by atoms with Gasteiger partial charge >= 0.3 is 5.97 Å². The number of ether oxygens (including phenoxy) is 1. The molecule has 114 valence electrons. The summed E-state index contributed by atoms with van der Waals surface area (Å²) in [5.74, 6) is -0.309. The number of piperazine rings is 1. The van der Waals surface area contributed by atoms with Crippen LogP contribution in [0.3, 0.4) is 0 Å². The molecule has 3 rings (SSSR count). The number of nitrogens with two attached hydrogens (primary N) is 1. The fourth-order valence-electron chi connectivity index (χ4n) is 3.39. The molecule has 5 heteroatoms. The van der Waals surface area contributed by atoms with Crippen LogP contribution in [0.1, 0.15) is 30.1 Å². The van der Waals surface area contributed by atoms with Gasteiger partial charge in [-0.3, -0.25) is 4.90 Å². The summed E-state index contributed by atoms with van der Waals surface area (Å²) < 4.78 is 5.01. The lowest BCUT2D eigenvalue weighted by Gasteiger charge is -2.39. The van der Waals surface area contributed by atoms with Crippen molar-refractivity contribution >= 4 is 17.3 Å². The molecule has 0 aromatic heterocycles. The average molecular weight is 289 g/mol. The Kier molecular flexibility index (Phi) is 4.01. The van der Waals surface area contributed by atoms with Gasteiger partial charge in [-0.1, -0.05) is 0 Å². The molecule has 5 nitrogen and oxygen atoms in total. The minimum absolute atomic E-state index is 0.309. The SMILES string of the molecule is CCOC(=O)c1ccc(N2CCN3CCCC3C2)c(N)c1. The molecule has 0 aliphatic carbocycles. The third kappa shape index (κ3) is 2.83. The maximum Gasteiger partial charge on any atom is 0.338 e. The number of carbonyl (C=O) groups is 1. The first-order valence-electron chi connectivity index (χ1n) is 7.74. The number of esters is 1. The van der Waals surface area contributed by atoms with Crippen molar-refractivity contribution < 1.29 is 9.53 Å². The minimum atomic E-state index is -0.309. The Balaban J connectivity index is 1.75. The van der Waals surface area contributed by atoms with Crippen LogP contribution in [0.25, 0.3) is 0 Å². The van der Waals surface area contributed by atoms with E-state index in [-0.39, 0.29) is 5.97 Å². The van der Waals surface area contributed by atoms with Gasteiger partial charge in [0.25, 0.3) is 0 Å². The van der Waals surface area contributed by atoms with Gasteiger partial charge in [0, 0.05) is 25.7 Å². The summed E-state index contributed by atoms with van der Waals surface area (Å²) in [5, 5.41) is 0. The maximum absolute atomic E-state index is 11.7. The van der Waals surface area contributed by atoms with Crippen LogP contribution in [-0.2, 0) is 4.74 Å². The Morgan fingerprint density at radius 2 is 2.24 bits per heavy atom. The highest BCUT2D eigenvalue weighted by Gasteiger charge is 2.31. The highest BCUT2D eigenvalue weighted by Crippen LogP contribution is 2.29. The number of fused-ring (bicyclic) bond motifs is 1. The molecule has 1 unspecified atom stereocenters. The monoisotopic (exact) mass is 289 g/mol. The van der Waals surface area contributed by atoms with Crippen LogP contribution in [0, 0.1) is 0 Å². The Morgan fingerprint density at radius 1 is 1.38 bits per heavy atom. The molecule has 0 spiro atoms. The minimum Gasteiger partial charge on any atom is -0.462 e. The summed E-state index contributed by atoms with van der Waals surface area (Å²) in [5.41, 5.74) is 8.38. The maximum atomic E-state index is 11.7. The van der Waals surface area contributed by atoms with Crippen molar-refractivity contribution in [2.24, 2.45) is 0 Å². The van der Waals surface area contributed by atoms with Crippen LogP contribution >= 0.6 is 0 Å². The van der Waals surface area contributed by atoms with Gasteiger partial charge in [0.2, 0.25) is 0 Å². The lowest BCUT2D eigenvalue weighted by Crippen LogP contribution is -2.50. The molecule has 2 aliphatic heterocycles. The molecular weight excluding hydrogens is 266 g/mol. The van der Waals surface area contributed by atoms with Crippen molar-refractivity contribution in [2.75, 3.05) is 43.4 Å². The molecule has 0 bridgehead atoms. The van der Waals surface area contributed by atoms with Crippen LogP contribution in [0.5, 0.6) is 0 Å². The van der Waals surface area contributed by atoms with Crippen molar-refractivity contribution in [3.8, 4) is 0 Å². The zero-order chi connectivity index (χ0) is 14.8. The van der Waals surface area contributed by atoms with Gasteiger partial charge in [-0.2, -0.15) is 0 Å². The summed E-state index contributed by atoms with van der Waals surface area (Å²) in [6.07, 6.45) is 2.58. The van der Waals surface area contributed by atoms with E-state index in [1.807, 2.05) is 12.1 Å². The molecule has 0 radical (unpaired) electrons. The quantitative estimate of drug-likeness (QED) is 0.678. The van der Waals surface area contributed by atoms with Gasteiger partial charge in [-0.05, 0) is 44.5 Å². The predicted octanol–water partition coefficient (Wildman–Crippen LogP) is 1.73. The lowest BCUT2D eigenvalue weighted by molar-refractivity contribution is 0.0526. The number of carbonyl (C=O) groups excluding carboxylic acids is 1. The highest BCUT2D eigenvalue weighted by molar-refractivity contribution is 5.92. The van der Waals surface area contributed by atoms with Crippen molar-refractivity contribution in [1.29, 1.82) is 0 Å². The zero-order valence-corrected chi connectivity index (χ0v) is 12.5. The number of anilines is 2. The Hall–Kier alpha value is -1.75. The molecule has 0 amide bonds. The second kappa shape index (κ2) is 5.93. The van der Waals surface area contributed by atoms with E-state index in [2.05, 4.69) is 9.80 Å². The Labute approximate surface area is 125 Å². The van der Waals surface area contributed by atoms with Gasteiger partial charge < -0.3 is 15.4 Å². The number of benzene rings is 1. The first-order valence-corrected chi connectivity index (χ1v) is 7.74. The van der Waals surface area contributed by atoms with Crippen molar-refractivity contribution in [3.05, 3.63) is 23.8 Å². The van der Waals surface area contributed by atoms with Gasteiger partial charge in [0.15, 0.2) is 0 Å². The van der Waals surface area contributed by atoms with Crippen molar-refractivity contribution in [3.63, 3.8) is 0 Å². The molecule has 2 heterocycles. The Bertz CT molecular complexity index is 532. The van der Waals surface area contributed by atoms with Gasteiger partial charge in [-0.15, -0.1) is 0 Å². The molecule has 2 aliphatic rings. The molecule has 21 heavy (non-hydrogen) atoms. The number of nitrogens with zero attached hydrogens (tertiary/aromatic N) is 2. The van der Waals surface area contributed by atoms with Crippen molar-refractivity contribution in [2.45, 2.75) is 25.8 Å². The van der Waals surface area contributed by atoms with Crippen LogP contribution in [0.15, 0.2) is 18.2 Å². The third-order valence-electron chi connectivity index (χ3n) is 4.47. The summed E-state index contributed by atoms with van der Waals surface area (Å²) in [7, 11) is 0. The van der Waals surface area contributed by atoms with Crippen LogP contribution in [0.2, 0.25) is 0 Å². The van der Waals surface area contributed by atoms with Gasteiger partial charge in [0.05, 0.1) is 23.5 Å². The highest BCUT2D eigenvalue weighted by atomic mass is 16.5. The summed E-state index contributed by atoms with van der Waals surface area (Å²) in [6.45, 7) is 6.54. The zero-order valence-electron chi connectivity index (χ0n) is 12.5. The van der Waals surface area contributed by atoms with E-state index < -0.39 is 0 Å². The molecule has 2 saturated heterocycles. The van der Waals surface area contributed by atoms with E-state index in [9.17, 15) is 4.79 Å². The van der Waals surface area contributed by atoms with E-state index in [0.29, 0.717) is 23.9 Å². The fourth-order valence-corrected chi connectivity index (χ4v) is 3.39. The molecule has 1 aromatic carbocycles. The van der Waals surface area contributed by atoms with Gasteiger partial charge in [0.1, 0.15) is 0 Å². The number of nitrogen functional groups attached to an aromatic ring is 1. The van der Waals surface area contributed by atoms with Crippen LogP contribution in [0.4, 0.5) is 11.4 Å². The molecular formula is C16H23N3O2. The van der Waals surface area contributed by atoms with E-state index >= 15 is 0 Å². The van der Waals surface area contributed by atoms with E-state index in [1.54, 1.807) is 13.0 Å². The van der Waals surface area contributed by atoms with Crippen LogP contribution < -0.4 is 10.6 Å². The summed E-state index contributed by atoms with van der Waals surface area (Å²) in [6, 6.07) is 6.15. The van der Waals surface area contributed by atoms with E-state index in [0.717, 1.165) is 25.3 Å². The second-order valence-electron chi connectivity index (χ2n) is 5.77. The lowest BCUT2D eigenvalue weighted by atomic mass is 10.1. The fraction of sp³-hybridized carbons (Fsp3) is 0.562. The first-order chi connectivity index (χ1) is 10.2. The molecule has 2 fully saturated rings. The molecule has 0 saturated carbocycles. The number of rotatable bonds is 3. The Morgan fingerprint density at radius 3 is 3.00 bits per heavy atom. The molecule has 2 N–H and O–H groups in total.